The number of benzene rings is 1. The Bertz CT molecular complexity index is 577. The second-order valence-electron chi connectivity index (χ2n) is 4.22. The van der Waals surface area contributed by atoms with E-state index in [1.807, 2.05) is 26.0 Å². The average Bonchev–Trinajstić information content (AvgIpc) is 2.89. The van der Waals surface area contributed by atoms with Crippen molar-refractivity contribution in [2.24, 2.45) is 0 Å². The Morgan fingerprint density at radius 1 is 1.25 bits per heavy atom. The number of carbonyl (C=O) groups excluding carboxylic acids is 1. The van der Waals surface area contributed by atoms with Crippen molar-refractivity contribution >= 4 is 17.5 Å². The summed E-state index contributed by atoms with van der Waals surface area (Å²) in [5.74, 6) is 0.462. The first-order valence-corrected chi connectivity index (χ1v) is 6.83. The van der Waals surface area contributed by atoms with Gasteiger partial charge in [0, 0.05) is 23.7 Å². The van der Waals surface area contributed by atoms with Crippen molar-refractivity contribution in [2.75, 3.05) is 13.1 Å². The molecular weight excluding hydrogens is 278 g/mol. The molecule has 1 heterocycles. The minimum atomic E-state index is -0.0185. The van der Waals surface area contributed by atoms with E-state index in [1.54, 1.807) is 17.0 Å². The summed E-state index contributed by atoms with van der Waals surface area (Å²) in [6, 6.07) is 7.16. The fourth-order valence-electron chi connectivity index (χ4n) is 1.82. The molecule has 1 aromatic heterocycles. The van der Waals surface area contributed by atoms with Gasteiger partial charge in [-0.25, -0.2) is 0 Å². The van der Waals surface area contributed by atoms with Gasteiger partial charge in [-0.3, -0.25) is 4.79 Å². The number of hydrogen-bond acceptors (Lipinski definition) is 4. The Balaban J connectivity index is 2.09. The van der Waals surface area contributed by atoms with E-state index in [0.717, 1.165) is 5.56 Å². The van der Waals surface area contributed by atoms with Gasteiger partial charge in [-0.15, -0.1) is 10.2 Å². The highest BCUT2D eigenvalue weighted by molar-refractivity contribution is 6.30. The average molecular weight is 294 g/mol. The van der Waals surface area contributed by atoms with Crippen LogP contribution >= 0.6 is 11.6 Å². The van der Waals surface area contributed by atoms with Crippen molar-refractivity contribution < 1.29 is 4.79 Å². The van der Waals surface area contributed by atoms with Gasteiger partial charge in [0.1, 0.15) is 6.54 Å². The zero-order valence-corrected chi connectivity index (χ0v) is 12.2. The first-order valence-electron chi connectivity index (χ1n) is 6.45. The zero-order chi connectivity index (χ0) is 14.5. The molecule has 1 aromatic carbocycles. The molecule has 0 unspecified atom stereocenters. The summed E-state index contributed by atoms with van der Waals surface area (Å²) >= 11 is 5.83. The van der Waals surface area contributed by atoms with Crippen LogP contribution in [0.2, 0.25) is 5.02 Å². The number of aromatic nitrogens is 4. The summed E-state index contributed by atoms with van der Waals surface area (Å²) in [5, 5.41) is 12.7. The summed E-state index contributed by atoms with van der Waals surface area (Å²) in [6.45, 7) is 5.33. The van der Waals surface area contributed by atoms with Crippen molar-refractivity contribution in [3.63, 3.8) is 0 Å². The minimum absolute atomic E-state index is 0.0185. The zero-order valence-electron chi connectivity index (χ0n) is 11.5. The highest BCUT2D eigenvalue weighted by atomic mass is 35.5. The van der Waals surface area contributed by atoms with Gasteiger partial charge in [0.05, 0.1) is 0 Å². The fourth-order valence-corrected chi connectivity index (χ4v) is 1.95. The third kappa shape index (κ3) is 3.33. The maximum absolute atomic E-state index is 11.9. The SMILES string of the molecule is CCN(CC)C(=O)Cn1nnc(-c2ccc(Cl)cc2)n1. The molecule has 0 atom stereocenters. The molecule has 0 saturated heterocycles. The van der Waals surface area contributed by atoms with Crippen LogP contribution in [-0.2, 0) is 11.3 Å². The van der Waals surface area contributed by atoms with Crippen LogP contribution in [0.1, 0.15) is 13.8 Å². The van der Waals surface area contributed by atoms with Crippen LogP contribution in [0.25, 0.3) is 11.4 Å². The van der Waals surface area contributed by atoms with Crippen molar-refractivity contribution in [3.8, 4) is 11.4 Å². The van der Waals surface area contributed by atoms with Gasteiger partial charge in [0.25, 0.3) is 0 Å². The van der Waals surface area contributed by atoms with E-state index in [-0.39, 0.29) is 12.5 Å². The lowest BCUT2D eigenvalue weighted by atomic mass is 10.2. The molecule has 0 N–H and O–H groups in total. The number of hydrogen-bond donors (Lipinski definition) is 0. The monoisotopic (exact) mass is 293 g/mol. The van der Waals surface area contributed by atoms with Gasteiger partial charge in [-0.1, -0.05) is 11.6 Å². The molecule has 6 nitrogen and oxygen atoms in total. The molecular formula is C13H16ClN5O. The van der Waals surface area contributed by atoms with Crippen LogP contribution in [0, 0.1) is 0 Å². The molecule has 0 aliphatic rings. The molecule has 20 heavy (non-hydrogen) atoms. The molecule has 7 heteroatoms. The van der Waals surface area contributed by atoms with E-state index in [4.69, 9.17) is 11.6 Å². The largest absolute Gasteiger partial charge is 0.342 e. The van der Waals surface area contributed by atoms with E-state index < -0.39 is 0 Å². The van der Waals surface area contributed by atoms with E-state index in [1.165, 1.54) is 4.80 Å². The van der Waals surface area contributed by atoms with E-state index in [2.05, 4.69) is 15.4 Å². The minimum Gasteiger partial charge on any atom is -0.342 e. The maximum atomic E-state index is 11.9. The Morgan fingerprint density at radius 3 is 2.50 bits per heavy atom. The van der Waals surface area contributed by atoms with Gasteiger partial charge < -0.3 is 4.90 Å². The molecule has 0 fully saturated rings. The van der Waals surface area contributed by atoms with Crippen LogP contribution in [0.4, 0.5) is 0 Å². The van der Waals surface area contributed by atoms with Gasteiger partial charge in [0.2, 0.25) is 11.7 Å². The Labute approximate surface area is 122 Å². The van der Waals surface area contributed by atoms with E-state index in [0.29, 0.717) is 23.9 Å². The lowest BCUT2D eigenvalue weighted by molar-refractivity contribution is -0.131. The summed E-state index contributed by atoms with van der Waals surface area (Å²) in [4.78, 5) is 15.0. The van der Waals surface area contributed by atoms with Crippen molar-refractivity contribution in [2.45, 2.75) is 20.4 Å². The molecule has 0 saturated carbocycles. The number of tetrazole rings is 1. The fraction of sp³-hybridized carbons (Fsp3) is 0.385. The number of halogens is 1. The lowest BCUT2D eigenvalue weighted by Gasteiger charge is -2.17. The first kappa shape index (κ1) is 14.5. The molecule has 106 valence electrons. The van der Waals surface area contributed by atoms with Crippen molar-refractivity contribution in [1.82, 2.24) is 25.1 Å². The smallest absolute Gasteiger partial charge is 0.246 e. The number of nitrogens with zero attached hydrogens (tertiary/aromatic N) is 5. The van der Waals surface area contributed by atoms with Gasteiger partial charge in [-0.2, -0.15) is 4.80 Å². The molecule has 0 radical (unpaired) electrons. The van der Waals surface area contributed by atoms with Crippen LogP contribution in [-0.4, -0.2) is 44.1 Å². The predicted octanol–water partition coefficient (Wildman–Crippen LogP) is 1.86. The van der Waals surface area contributed by atoms with Gasteiger partial charge in [0.15, 0.2) is 0 Å². The van der Waals surface area contributed by atoms with Crippen LogP contribution in [0.3, 0.4) is 0 Å². The van der Waals surface area contributed by atoms with Crippen LogP contribution in [0.15, 0.2) is 24.3 Å². The summed E-state index contributed by atoms with van der Waals surface area (Å²) < 4.78 is 0. The Hall–Kier alpha value is -1.95. The highest BCUT2D eigenvalue weighted by Crippen LogP contribution is 2.16. The van der Waals surface area contributed by atoms with Crippen molar-refractivity contribution in [3.05, 3.63) is 29.3 Å². The topological polar surface area (TPSA) is 63.9 Å². The molecule has 2 aromatic rings. The molecule has 2 rings (SSSR count). The van der Waals surface area contributed by atoms with Crippen LogP contribution < -0.4 is 0 Å². The second-order valence-corrected chi connectivity index (χ2v) is 4.65. The summed E-state index contributed by atoms with van der Waals surface area (Å²) in [6.07, 6.45) is 0. The first-order chi connectivity index (χ1) is 9.63. The summed E-state index contributed by atoms with van der Waals surface area (Å²) in [7, 11) is 0. The predicted molar refractivity (Wildman–Crippen MR) is 76.2 cm³/mol. The third-order valence-electron chi connectivity index (χ3n) is 2.95. The van der Waals surface area contributed by atoms with Crippen molar-refractivity contribution in [1.29, 1.82) is 0 Å². The Kier molecular flexibility index (Phi) is 4.68. The molecule has 1 amide bonds. The quantitative estimate of drug-likeness (QED) is 0.844. The number of carbonyl (C=O) groups is 1. The molecule has 0 aliphatic carbocycles. The van der Waals surface area contributed by atoms with Gasteiger partial charge in [-0.05, 0) is 43.3 Å². The number of likely N-dealkylation sites (N-methyl/N-ethyl adjacent to an activating group) is 1. The van der Waals surface area contributed by atoms with Gasteiger partial charge >= 0.3 is 0 Å². The number of amides is 1. The lowest BCUT2D eigenvalue weighted by Crippen LogP contribution is -2.34. The number of rotatable bonds is 5. The molecule has 0 bridgehead atoms. The maximum Gasteiger partial charge on any atom is 0.246 e. The molecule has 0 aliphatic heterocycles. The Morgan fingerprint density at radius 2 is 1.90 bits per heavy atom. The van der Waals surface area contributed by atoms with E-state index in [9.17, 15) is 4.79 Å². The van der Waals surface area contributed by atoms with Crippen LogP contribution in [0.5, 0.6) is 0 Å². The third-order valence-corrected chi connectivity index (χ3v) is 3.20. The standard InChI is InChI=1S/C13H16ClN5O/c1-3-18(4-2)12(20)9-19-16-13(15-17-19)10-5-7-11(14)8-6-10/h5-8H,3-4,9H2,1-2H3. The molecule has 0 spiro atoms. The second kappa shape index (κ2) is 6.47. The summed E-state index contributed by atoms with van der Waals surface area (Å²) in [5.41, 5.74) is 0.816. The van der Waals surface area contributed by atoms with E-state index >= 15 is 0 Å². The highest BCUT2D eigenvalue weighted by Gasteiger charge is 2.13. The normalized spacial score (nSPS) is 10.6.